The Morgan fingerprint density at radius 2 is 1.79 bits per heavy atom. The van der Waals surface area contributed by atoms with E-state index in [1.165, 1.54) is 25.1 Å². The number of fused-ring (bicyclic) bond motifs is 1. The van der Waals surface area contributed by atoms with Crippen LogP contribution in [0.5, 0.6) is 0 Å². The Kier molecular flexibility index (Phi) is 6.21. The number of benzene rings is 2. The highest BCUT2D eigenvalue weighted by molar-refractivity contribution is 7.93. The van der Waals surface area contributed by atoms with Crippen LogP contribution in [0.25, 0.3) is 0 Å². The van der Waals surface area contributed by atoms with Crippen molar-refractivity contribution in [3.63, 3.8) is 0 Å². The third-order valence-corrected chi connectivity index (χ3v) is 7.43. The van der Waals surface area contributed by atoms with Crippen LogP contribution in [-0.2, 0) is 22.7 Å². The Morgan fingerprint density at radius 1 is 1.09 bits per heavy atom. The Labute approximate surface area is 198 Å². The first-order valence-electron chi connectivity index (χ1n) is 9.60. The molecule has 2 heterocycles. The summed E-state index contributed by atoms with van der Waals surface area (Å²) in [6.07, 6.45) is -4.72. The Balaban J connectivity index is 1.83. The van der Waals surface area contributed by atoms with Crippen molar-refractivity contribution in [2.45, 2.75) is 25.7 Å². The van der Waals surface area contributed by atoms with Crippen molar-refractivity contribution in [2.24, 2.45) is 0 Å². The molecule has 0 radical (unpaired) electrons. The second kappa shape index (κ2) is 8.68. The second-order valence-electron chi connectivity index (χ2n) is 7.36. The number of nitrogens with one attached hydrogen (secondary N) is 2. The average Bonchev–Trinajstić information content (AvgIpc) is 3.18. The number of hydrogen-bond donors (Lipinski definition) is 2. The lowest BCUT2D eigenvalue weighted by Crippen LogP contribution is -2.34. The van der Waals surface area contributed by atoms with Crippen LogP contribution >= 0.6 is 23.2 Å². The summed E-state index contributed by atoms with van der Waals surface area (Å²) in [5.74, 6) is -0.00194. The molecule has 1 aliphatic heterocycles. The van der Waals surface area contributed by atoms with Gasteiger partial charge in [0.05, 0.1) is 10.0 Å². The molecule has 0 aliphatic carbocycles. The zero-order chi connectivity index (χ0) is 24.0. The highest BCUT2D eigenvalue weighted by atomic mass is 35.5. The topological polar surface area (TPSA) is 76.0 Å². The second-order valence-corrected chi connectivity index (χ2v) is 9.91. The third-order valence-electron chi connectivity index (χ3n) is 5.06. The van der Waals surface area contributed by atoms with Crippen LogP contribution in [0.3, 0.4) is 0 Å². The fourth-order valence-electron chi connectivity index (χ4n) is 3.57. The number of alkyl halides is 3. The van der Waals surface area contributed by atoms with Crippen molar-refractivity contribution in [1.82, 2.24) is 14.5 Å². The zero-order valence-electron chi connectivity index (χ0n) is 17.0. The minimum atomic E-state index is -4.72. The first-order valence-corrected chi connectivity index (χ1v) is 11.8. The van der Waals surface area contributed by atoms with E-state index in [0.29, 0.717) is 11.1 Å². The van der Waals surface area contributed by atoms with Crippen molar-refractivity contribution in [3.05, 3.63) is 92.1 Å². The number of anilines is 1. The van der Waals surface area contributed by atoms with E-state index in [1.807, 2.05) is 0 Å². The molecule has 0 saturated carbocycles. The summed E-state index contributed by atoms with van der Waals surface area (Å²) in [6, 6.07) is 12.8. The molecule has 174 valence electrons. The van der Waals surface area contributed by atoms with E-state index in [1.54, 1.807) is 30.3 Å². The van der Waals surface area contributed by atoms with Crippen LogP contribution in [0.2, 0.25) is 10.0 Å². The van der Waals surface area contributed by atoms with Gasteiger partial charge in [-0.3, -0.25) is 0 Å². The molecule has 2 N–H and O–H groups in total. The normalized spacial score (nSPS) is 16.5. The molecule has 3 aromatic rings. The number of nitrogens with zero attached hydrogens (tertiary/aromatic N) is 2. The Hall–Kier alpha value is -2.53. The summed E-state index contributed by atoms with van der Waals surface area (Å²) in [4.78, 5) is -0.179. The summed E-state index contributed by atoms with van der Waals surface area (Å²) < 4.78 is 70.4. The standard InChI is InChI=1S/C21H17Cl2F3N4O2S/c1-12-20(33(31,32)27-11-13-5-3-2-4-6-13)19(14-7-8-15(22)16(23)9-14)30-18(28-12)10-17(29-30)21(24,25)26/h2-10,19,27-28H,11H2,1H3. The van der Waals surface area contributed by atoms with E-state index >= 15 is 0 Å². The van der Waals surface area contributed by atoms with Gasteiger partial charge in [-0.15, -0.1) is 0 Å². The van der Waals surface area contributed by atoms with Gasteiger partial charge in [-0.1, -0.05) is 59.6 Å². The molecule has 12 heteroatoms. The van der Waals surface area contributed by atoms with Crippen molar-refractivity contribution < 1.29 is 21.6 Å². The molecule has 1 atom stereocenters. The van der Waals surface area contributed by atoms with E-state index in [0.717, 1.165) is 10.7 Å². The Morgan fingerprint density at radius 3 is 2.42 bits per heavy atom. The molecule has 1 unspecified atom stereocenters. The molecule has 0 bridgehead atoms. The van der Waals surface area contributed by atoms with Crippen LogP contribution in [0.1, 0.15) is 29.8 Å². The van der Waals surface area contributed by atoms with Crippen LogP contribution < -0.4 is 10.0 Å². The largest absolute Gasteiger partial charge is 0.435 e. The Bertz CT molecular complexity index is 1340. The van der Waals surface area contributed by atoms with Gasteiger partial charge in [-0.05, 0) is 30.2 Å². The molecule has 1 aromatic heterocycles. The van der Waals surface area contributed by atoms with Gasteiger partial charge >= 0.3 is 6.18 Å². The molecule has 0 spiro atoms. The fourth-order valence-corrected chi connectivity index (χ4v) is 5.37. The number of sulfonamides is 1. The SMILES string of the molecule is CC1=C(S(=O)(=O)NCc2ccccc2)C(c2ccc(Cl)c(Cl)c2)n2nc(C(F)(F)F)cc2N1. The highest BCUT2D eigenvalue weighted by Gasteiger charge is 2.41. The van der Waals surface area contributed by atoms with Crippen molar-refractivity contribution in [1.29, 1.82) is 0 Å². The number of hydrogen-bond acceptors (Lipinski definition) is 4. The summed E-state index contributed by atoms with van der Waals surface area (Å²) in [5.41, 5.74) is 0.0308. The van der Waals surface area contributed by atoms with Gasteiger partial charge in [-0.2, -0.15) is 18.3 Å². The molecule has 6 nitrogen and oxygen atoms in total. The maximum absolute atomic E-state index is 13.4. The molecule has 4 rings (SSSR count). The van der Waals surface area contributed by atoms with Crippen LogP contribution in [0.15, 0.2) is 65.2 Å². The quantitative estimate of drug-likeness (QED) is 0.464. The molecular weight excluding hydrogens is 500 g/mol. The van der Waals surface area contributed by atoms with Crippen molar-refractivity contribution in [3.8, 4) is 0 Å². The predicted molar refractivity (Wildman–Crippen MR) is 120 cm³/mol. The number of rotatable bonds is 5. The summed E-state index contributed by atoms with van der Waals surface area (Å²) >= 11 is 12.1. The molecule has 0 saturated heterocycles. The third kappa shape index (κ3) is 4.74. The zero-order valence-corrected chi connectivity index (χ0v) is 19.3. The van der Waals surface area contributed by atoms with Crippen molar-refractivity contribution in [2.75, 3.05) is 5.32 Å². The first-order chi connectivity index (χ1) is 15.5. The van der Waals surface area contributed by atoms with Crippen LogP contribution in [-0.4, -0.2) is 18.2 Å². The number of halogens is 5. The molecule has 33 heavy (non-hydrogen) atoms. The van der Waals surface area contributed by atoms with E-state index in [-0.39, 0.29) is 33.0 Å². The minimum Gasteiger partial charge on any atom is -0.343 e. The van der Waals surface area contributed by atoms with Gasteiger partial charge in [0.15, 0.2) is 5.69 Å². The molecular formula is C21H17Cl2F3N4O2S. The highest BCUT2D eigenvalue weighted by Crippen LogP contribution is 2.42. The van der Waals surface area contributed by atoms with Gasteiger partial charge in [0.1, 0.15) is 16.8 Å². The predicted octanol–water partition coefficient (Wildman–Crippen LogP) is 5.57. The summed E-state index contributed by atoms with van der Waals surface area (Å²) in [5, 5.41) is 6.76. The number of allylic oxidation sites excluding steroid dienone is 2. The van der Waals surface area contributed by atoms with Gasteiger partial charge < -0.3 is 5.32 Å². The van der Waals surface area contributed by atoms with E-state index < -0.39 is 27.9 Å². The molecule has 1 aliphatic rings. The monoisotopic (exact) mass is 516 g/mol. The molecule has 0 fully saturated rings. The van der Waals surface area contributed by atoms with Gasteiger partial charge in [-0.25, -0.2) is 17.8 Å². The first kappa shape index (κ1) is 23.6. The van der Waals surface area contributed by atoms with Gasteiger partial charge in [0.2, 0.25) is 10.0 Å². The van der Waals surface area contributed by atoms with Crippen molar-refractivity contribution >= 4 is 39.0 Å². The molecule has 2 aromatic carbocycles. The van der Waals surface area contributed by atoms with Gasteiger partial charge in [0, 0.05) is 18.3 Å². The minimum absolute atomic E-state index is 0.00194. The summed E-state index contributed by atoms with van der Waals surface area (Å²) in [7, 11) is -4.17. The van der Waals surface area contributed by atoms with Crippen LogP contribution in [0.4, 0.5) is 19.0 Å². The summed E-state index contributed by atoms with van der Waals surface area (Å²) in [6.45, 7) is 1.47. The number of aromatic nitrogens is 2. The lowest BCUT2D eigenvalue weighted by Gasteiger charge is -2.30. The lowest BCUT2D eigenvalue weighted by molar-refractivity contribution is -0.141. The van der Waals surface area contributed by atoms with E-state index in [2.05, 4.69) is 15.1 Å². The van der Waals surface area contributed by atoms with Crippen LogP contribution in [0, 0.1) is 0 Å². The lowest BCUT2D eigenvalue weighted by atomic mass is 10.0. The van der Waals surface area contributed by atoms with E-state index in [9.17, 15) is 21.6 Å². The average molecular weight is 517 g/mol. The smallest absolute Gasteiger partial charge is 0.343 e. The maximum Gasteiger partial charge on any atom is 0.435 e. The van der Waals surface area contributed by atoms with E-state index in [4.69, 9.17) is 23.2 Å². The maximum atomic E-state index is 13.4. The van der Waals surface area contributed by atoms with Gasteiger partial charge in [0.25, 0.3) is 0 Å². The molecule has 0 amide bonds. The fraction of sp³-hybridized carbons (Fsp3) is 0.190.